The Balaban J connectivity index is 1.41. The maximum Gasteiger partial charge on any atom is 0.204 e. The maximum absolute atomic E-state index is 8.91. The van der Waals surface area contributed by atoms with Crippen LogP contribution in [0, 0.1) is 17.4 Å². The predicted molar refractivity (Wildman–Crippen MR) is 99.7 cm³/mol. The van der Waals surface area contributed by atoms with Crippen molar-refractivity contribution in [3.8, 4) is 11.9 Å². The molecule has 0 bridgehead atoms. The van der Waals surface area contributed by atoms with Gasteiger partial charge in [0.1, 0.15) is 12.4 Å². The molecule has 0 unspecified atom stereocenters. The number of nitrogens with zero attached hydrogens (tertiary/aromatic N) is 3. The number of aromatic amines is 1. The first kappa shape index (κ1) is 17.8. The van der Waals surface area contributed by atoms with Crippen LogP contribution in [0.4, 0.5) is 0 Å². The van der Waals surface area contributed by atoms with E-state index in [4.69, 9.17) is 10.00 Å². The molecule has 3 N–H and O–H groups in total. The Labute approximate surface area is 153 Å². The van der Waals surface area contributed by atoms with Crippen LogP contribution in [0.15, 0.2) is 47.8 Å². The molecule has 0 radical (unpaired) electrons. The smallest absolute Gasteiger partial charge is 0.204 e. The second-order valence-corrected chi connectivity index (χ2v) is 6.40. The molecule has 1 aromatic heterocycles. The summed E-state index contributed by atoms with van der Waals surface area (Å²) in [7, 11) is 0. The van der Waals surface area contributed by atoms with Crippen molar-refractivity contribution in [2.45, 2.75) is 25.2 Å². The molecule has 2 atom stereocenters. The Kier molecular flexibility index (Phi) is 6.48. The van der Waals surface area contributed by atoms with E-state index in [0.717, 1.165) is 25.0 Å². The molecule has 1 heterocycles. The van der Waals surface area contributed by atoms with Crippen LogP contribution in [0.2, 0.25) is 0 Å². The lowest BCUT2D eigenvalue weighted by Gasteiger charge is -2.11. The van der Waals surface area contributed by atoms with Gasteiger partial charge >= 0.3 is 0 Å². The van der Waals surface area contributed by atoms with Crippen molar-refractivity contribution >= 4 is 5.96 Å². The van der Waals surface area contributed by atoms with E-state index in [1.165, 1.54) is 5.69 Å². The number of H-pyrrole nitrogens is 1. The molecule has 1 aliphatic rings. The lowest BCUT2D eigenvalue weighted by molar-refractivity contribution is 0.322. The minimum Gasteiger partial charge on any atom is -0.492 e. The van der Waals surface area contributed by atoms with Gasteiger partial charge in [-0.05, 0) is 37.3 Å². The minimum atomic E-state index is 0.501. The lowest BCUT2D eigenvalue weighted by atomic mass is 10.0. The quantitative estimate of drug-likeness (QED) is 0.234. The molecule has 1 saturated carbocycles. The molecule has 1 aromatic carbocycles. The fourth-order valence-corrected chi connectivity index (χ4v) is 3.28. The standard InChI is InChI=1S/C19H24N6O/c20-13-24-19(22-8-9-26-17-4-2-1-3-5-17)23-11-15-6-7-16(10-15)18-12-21-14-25-18/h1-5,12,14-16H,6-11H2,(H,21,25)(H2,22,23,24)/t15-,16-/m0/s1. The number of aliphatic imine (C=N–C) groups is 1. The number of imidazole rings is 1. The van der Waals surface area contributed by atoms with Gasteiger partial charge in [0.25, 0.3) is 0 Å². The average molecular weight is 352 g/mol. The summed E-state index contributed by atoms with van der Waals surface area (Å²) < 4.78 is 5.63. The Morgan fingerprint density at radius 2 is 2.23 bits per heavy atom. The van der Waals surface area contributed by atoms with Crippen molar-refractivity contribution in [3.05, 3.63) is 48.5 Å². The summed E-state index contributed by atoms with van der Waals surface area (Å²) in [6.07, 6.45) is 8.98. The van der Waals surface area contributed by atoms with Gasteiger partial charge in [-0.2, -0.15) is 5.26 Å². The van der Waals surface area contributed by atoms with Crippen LogP contribution in [-0.2, 0) is 0 Å². The highest BCUT2D eigenvalue weighted by Gasteiger charge is 2.26. The number of rotatable bonds is 7. The van der Waals surface area contributed by atoms with E-state index in [9.17, 15) is 0 Å². The first-order valence-electron chi connectivity index (χ1n) is 8.94. The molecule has 7 heteroatoms. The molecule has 2 aromatic rings. The normalized spacial score (nSPS) is 19.7. The lowest BCUT2D eigenvalue weighted by Crippen LogP contribution is -2.37. The second-order valence-electron chi connectivity index (χ2n) is 6.40. The number of hydrogen-bond acceptors (Lipinski definition) is 4. The van der Waals surface area contributed by atoms with Crippen molar-refractivity contribution in [3.63, 3.8) is 0 Å². The van der Waals surface area contributed by atoms with Gasteiger partial charge in [0.2, 0.25) is 5.96 Å². The van der Waals surface area contributed by atoms with E-state index >= 15 is 0 Å². The van der Waals surface area contributed by atoms with E-state index in [0.29, 0.717) is 37.5 Å². The Bertz CT molecular complexity index is 722. The third-order valence-corrected chi connectivity index (χ3v) is 4.59. The van der Waals surface area contributed by atoms with E-state index in [-0.39, 0.29) is 0 Å². The van der Waals surface area contributed by atoms with Crippen LogP contribution in [0.5, 0.6) is 5.75 Å². The van der Waals surface area contributed by atoms with Crippen LogP contribution in [-0.4, -0.2) is 35.6 Å². The largest absolute Gasteiger partial charge is 0.492 e. The summed E-state index contributed by atoms with van der Waals surface area (Å²) in [4.78, 5) is 11.9. The van der Waals surface area contributed by atoms with Crippen molar-refractivity contribution in [2.24, 2.45) is 10.9 Å². The van der Waals surface area contributed by atoms with Gasteiger partial charge in [0, 0.05) is 24.4 Å². The summed E-state index contributed by atoms with van der Waals surface area (Å²) in [5.41, 5.74) is 1.21. The molecule has 7 nitrogen and oxygen atoms in total. The monoisotopic (exact) mass is 352 g/mol. The van der Waals surface area contributed by atoms with Gasteiger partial charge < -0.3 is 15.0 Å². The topological polar surface area (TPSA) is 98.1 Å². The maximum atomic E-state index is 8.91. The number of para-hydroxylation sites is 1. The zero-order valence-electron chi connectivity index (χ0n) is 14.7. The zero-order chi connectivity index (χ0) is 18.0. The highest BCUT2D eigenvalue weighted by molar-refractivity contribution is 5.81. The third-order valence-electron chi connectivity index (χ3n) is 4.59. The second kappa shape index (κ2) is 9.47. The first-order chi connectivity index (χ1) is 12.8. The van der Waals surface area contributed by atoms with Gasteiger partial charge in [0.15, 0.2) is 6.19 Å². The molecule has 1 aliphatic carbocycles. The molecule has 0 spiro atoms. The van der Waals surface area contributed by atoms with E-state index in [2.05, 4.69) is 25.6 Å². The Morgan fingerprint density at radius 1 is 1.35 bits per heavy atom. The van der Waals surface area contributed by atoms with Crippen LogP contribution in [0.25, 0.3) is 0 Å². The Hall–Kier alpha value is -3.01. The first-order valence-corrected chi connectivity index (χ1v) is 8.94. The van der Waals surface area contributed by atoms with Gasteiger partial charge in [-0.3, -0.25) is 10.3 Å². The molecule has 1 fully saturated rings. The molecule has 0 amide bonds. The number of nitriles is 1. The van der Waals surface area contributed by atoms with Crippen LogP contribution < -0.4 is 15.4 Å². The summed E-state index contributed by atoms with van der Waals surface area (Å²) in [6, 6.07) is 9.65. The predicted octanol–water partition coefficient (Wildman–Crippen LogP) is 2.39. The van der Waals surface area contributed by atoms with Crippen molar-refractivity contribution in [1.82, 2.24) is 20.6 Å². The SMILES string of the molecule is N#CNC(=NC[C@H]1CC[C@H](c2cnc[nH]2)C1)NCCOc1ccccc1. The number of aromatic nitrogens is 2. The number of hydrogen-bond donors (Lipinski definition) is 3. The van der Waals surface area contributed by atoms with Crippen LogP contribution >= 0.6 is 0 Å². The molecule has 26 heavy (non-hydrogen) atoms. The third kappa shape index (κ3) is 5.24. The summed E-state index contributed by atoms with van der Waals surface area (Å²) in [6.45, 7) is 1.78. The molecule has 136 valence electrons. The zero-order valence-corrected chi connectivity index (χ0v) is 14.7. The summed E-state index contributed by atoms with van der Waals surface area (Å²) >= 11 is 0. The Morgan fingerprint density at radius 3 is 3.00 bits per heavy atom. The van der Waals surface area contributed by atoms with Gasteiger partial charge in [-0.25, -0.2) is 4.98 Å². The van der Waals surface area contributed by atoms with Crippen molar-refractivity contribution in [1.29, 1.82) is 5.26 Å². The number of nitrogens with one attached hydrogen (secondary N) is 3. The summed E-state index contributed by atoms with van der Waals surface area (Å²) in [5, 5.41) is 14.7. The average Bonchev–Trinajstić information content (AvgIpc) is 3.35. The van der Waals surface area contributed by atoms with Crippen LogP contribution in [0.3, 0.4) is 0 Å². The molecular formula is C19H24N6O. The highest BCUT2D eigenvalue weighted by atomic mass is 16.5. The number of ether oxygens (including phenoxy) is 1. The fraction of sp³-hybridized carbons (Fsp3) is 0.421. The van der Waals surface area contributed by atoms with E-state index in [1.807, 2.05) is 42.7 Å². The van der Waals surface area contributed by atoms with Crippen molar-refractivity contribution < 1.29 is 4.74 Å². The molecular weight excluding hydrogens is 328 g/mol. The van der Waals surface area contributed by atoms with Crippen LogP contribution in [0.1, 0.15) is 30.9 Å². The van der Waals surface area contributed by atoms with Crippen molar-refractivity contribution in [2.75, 3.05) is 19.7 Å². The van der Waals surface area contributed by atoms with Gasteiger partial charge in [0.05, 0.1) is 12.9 Å². The number of guanidine groups is 1. The van der Waals surface area contributed by atoms with E-state index < -0.39 is 0 Å². The van der Waals surface area contributed by atoms with Gasteiger partial charge in [-0.1, -0.05) is 18.2 Å². The molecule has 0 saturated heterocycles. The van der Waals surface area contributed by atoms with Gasteiger partial charge in [-0.15, -0.1) is 0 Å². The highest BCUT2D eigenvalue weighted by Crippen LogP contribution is 2.37. The summed E-state index contributed by atoms with van der Waals surface area (Å²) in [5.74, 6) is 2.41. The number of benzene rings is 1. The fourth-order valence-electron chi connectivity index (χ4n) is 3.28. The molecule has 3 rings (SSSR count). The molecule has 0 aliphatic heterocycles. The van der Waals surface area contributed by atoms with E-state index in [1.54, 1.807) is 6.33 Å². The minimum absolute atomic E-state index is 0.501.